The summed E-state index contributed by atoms with van der Waals surface area (Å²) in [5.41, 5.74) is 1.15. The van der Waals surface area contributed by atoms with Crippen LogP contribution in [-0.2, 0) is 16.0 Å². The van der Waals surface area contributed by atoms with Gasteiger partial charge in [-0.15, -0.1) is 5.10 Å². The molecule has 10 nitrogen and oxygen atoms in total. The van der Waals surface area contributed by atoms with E-state index in [-0.39, 0.29) is 34.9 Å². The van der Waals surface area contributed by atoms with Crippen LogP contribution < -0.4 is 15.6 Å². The molecule has 41 heavy (non-hydrogen) atoms. The van der Waals surface area contributed by atoms with Gasteiger partial charge in [0.05, 0.1) is 19.8 Å². The van der Waals surface area contributed by atoms with Crippen molar-refractivity contribution in [3.63, 3.8) is 0 Å². The zero-order chi connectivity index (χ0) is 29.7. The van der Waals surface area contributed by atoms with Gasteiger partial charge in [-0.1, -0.05) is 41.9 Å². The Hall–Kier alpha value is -4.96. The smallest absolute Gasteiger partial charge is 0.341 e. The quantitative estimate of drug-likeness (QED) is 0.217. The first-order valence-corrected chi connectivity index (χ1v) is 12.8. The van der Waals surface area contributed by atoms with Gasteiger partial charge in [-0.3, -0.25) is 14.4 Å². The van der Waals surface area contributed by atoms with Crippen molar-refractivity contribution in [2.75, 3.05) is 19.5 Å². The first-order valence-electron chi connectivity index (χ1n) is 12.4. The van der Waals surface area contributed by atoms with Crippen LogP contribution in [0.1, 0.15) is 39.2 Å². The molecule has 3 aromatic carbocycles. The van der Waals surface area contributed by atoms with Gasteiger partial charge in [0.1, 0.15) is 17.4 Å². The van der Waals surface area contributed by atoms with Gasteiger partial charge in [-0.25, -0.2) is 9.48 Å². The van der Waals surface area contributed by atoms with Crippen LogP contribution in [0.25, 0.3) is 11.1 Å². The number of carbonyl (C=O) groups excluding carboxylic acids is 3. The lowest BCUT2D eigenvalue weighted by molar-refractivity contribution is -0.119. The number of aromatic hydroxyl groups is 1. The molecule has 0 spiro atoms. The standard InChI is InChI=1S/C30H26ClN3O7/c1-17(35)21-11-9-19(31)14-23(21)24-16-27(37)34(33-29(24)40-2)25(13-18-7-5-4-6-8-18)28(38)32-20-10-12-22(26(36)15-20)30(39)41-3/h4-12,14-16,25,36H,13H2,1-3H3,(H,32,38)/t25-/m0/s1. The number of methoxy groups -OCH3 is 2. The number of ether oxygens (including phenoxy) is 2. The van der Waals surface area contributed by atoms with Gasteiger partial charge in [0.2, 0.25) is 11.8 Å². The molecule has 1 aromatic heterocycles. The summed E-state index contributed by atoms with van der Waals surface area (Å²) >= 11 is 6.19. The average molecular weight is 576 g/mol. The molecule has 1 heterocycles. The summed E-state index contributed by atoms with van der Waals surface area (Å²) in [4.78, 5) is 51.2. The Labute approximate surface area is 240 Å². The molecule has 0 aliphatic carbocycles. The molecule has 0 saturated carbocycles. The van der Waals surface area contributed by atoms with E-state index in [1.54, 1.807) is 42.5 Å². The largest absolute Gasteiger partial charge is 0.507 e. The van der Waals surface area contributed by atoms with E-state index in [0.717, 1.165) is 10.2 Å². The monoisotopic (exact) mass is 575 g/mol. The summed E-state index contributed by atoms with van der Waals surface area (Å²) < 4.78 is 11.1. The number of aromatic nitrogens is 2. The molecule has 4 aromatic rings. The second kappa shape index (κ2) is 12.5. The highest BCUT2D eigenvalue weighted by Gasteiger charge is 2.27. The third kappa shape index (κ3) is 6.44. The molecule has 210 valence electrons. The van der Waals surface area contributed by atoms with Gasteiger partial charge in [0.25, 0.3) is 5.56 Å². The van der Waals surface area contributed by atoms with Crippen LogP contribution in [0.2, 0.25) is 5.02 Å². The third-order valence-corrected chi connectivity index (χ3v) is 6.54. The third-order valence-electron chi connectivity index (χ3n) is 6.31. The number of anilines is 1. The number of amides is 1. The summed E-state index contributed by atoms with van der Waals surface area (Å²) in [6.07, 6.45) is 0.0875. The van der Waals surface area contributed by atoms with Crippen LogP contribution in [0.4, 0.5) is 5.69 Å². The number of hydrogen-bond acceptors (Lipinski definition) is 8. The van der Waals surface area contributed by atoms with E-state index in [2.05, 4.69) is 15.2 Å². The molecule has 0 aliphatic heterocycles. The van der Waals surface area contributed by atoms with Crippen molar-refractivity contribution >= 4 is 34.9 Å². The van der Waals surface area contributed by atoms with E-state index in [1.165, 1.54) is 45.4 Å². The van der Waals surface area contributed by atoms with Gasteiger partial charge in [-0.2, -0.15) is 0 Å². The number of nitrogens with zero attached hydrogens (tertiary/aromatic N) is 2. The van der Waals surface area contributed by atoms with Crippen molar-refractivity contribution in [3.05, 3.63) is 105 Å². The van der Waals surface area contributed by atoms with Crippen LogP contribution >= 0.6 is 11.6 Å². The van der Waals surface area contributed by atoms with Crippen molar-refractivity contribution in [1.29, 1.82) is 0 Å². The van der Waals surface area contributed by atoms with Crippen LogP contribution in [0, 0.1) is 0 Å². The van der Waals surface area contributed by atoms with E-state index in [1.807, 2.05) is 6.07 Å². The SMILES string of the molecule is COC(=O)c1ccc(NC(=O)[C@H](Cc2ccccc2)n2nc(OC)c(-c3cc(Cl)ccc3C(C)=O)cc2=O)cc1O. The maximum absolute atomic E-state index is 13.6. The topological polar surface area (TPSA) is 137 Å². The molecular formula is C30H26ClN3O7. The Morgan fingerprint density at radius 2 is 1.68 bits per heavy atom. The summed E-state index contributed by atoms with van der Waals surface area (Å²) in [6.45, 7) is 1.39. The normalized spacial score (nSPS) is 11.4. The number of nitrogens with one attached hydrogen (secondary N) is 1. The summed E-state index contributed by atoms with van der Waals surface area (Å²) in [5.74, 6) is -1.99. The number of esters is 1. The molecule has 0 aliphatic rings. The van der Waals surface area contributed by atoms with Gasteiger partial charge in [0, 0.05) is 34.8 Å². The molecule has 2 N–H and O–H groups in total. The van der Waals surface area contributed by atoms with Crippen LogP contribution in [0.5, 0.6) is 11.6 Å². The molecule has 1 amide bonds. The molecule has 0 bridgehead atoms. The van der Waals surface area contributed by atoms with E-state index >= 15 is 0 Å². The Morgan fingerprint density at radius 3 is 2.32 bits per heavy atom. The number of Topliss-reactive ketones (excluding diaryl/α,β-unsaturated/α-hetero) is 1. The van der Waals surface area contributed by atoms with Crippen molar-refractivity contribution in [1.82, 2.24) is 9.78 Å². The van der Waals surface area contributed by atoms with Crippen molar-refractivity contribution in [2.24, 2.45) is 0 Å². The minimum atomic E-state index is -1.15. The maximum Gasteiger partial charge on any atom is 0.341 e. The van der Waals surface area contributed by atoms with Gasteiger partial charge in [-0.05, 0) is 48.4 Å². The number of benzene rings is 3. The van der Waals surface area contributed by atoms with E-state index < -0.39 is 29.2 Å². The lowest BCUT2D eigenvalue weighted by Crippen LogP contribution is -2.36. The fourth-order valence-corrected chi connectivity index (χ4v) is 4.48. The molecule has 0 saturated heterocycles. The highest BCUT2D eigenvalue weighted by molar-refractivity contribution is 6.31. The lowest BCUT2D eigenvalue weighted by Gasteiger charge is -2.20. The zero-order valence-electron chi connectivity index (χ0n) is 22.4. The van der Waals surface area contributed by atoms with E-state index in [0.29, 0.717) is 16.1 Å². The van der Waals surface area contributed by atoms with Crippen molar-refractivity contribution < 1.29 is 29.0 Å². The summed E-state index contributed by atoms with van der Waals surface area (Å²) in [6, 6.07) is 17.7. The lowest BCUT2D eigenvalue weighted by atomic mass is 9.98. The fraction of sp³-hybridized carbons (Fsp3) is 0.167. The Kier molecular flexibility index (Phi) is 8.84. The number of phenolic OH excluding ortho intramolecular Hbond substituents is 1. The number of rotatable bonds is 9. The van der Waals surface area contributed by atoms with Crippen LogP contribution in [0.15, 0.2) is 77.6 Å². The minimum absolute atomic E-state index is 0.000281. The fourth-order valence-electron chi connectivity index (χ4n) is 4.31. The Balaban J connectivity index is 1.79. The molecule has 0 unspecified atom stereocenters. The molecular weight excluding hydrogens is 550 g/mol. The second-order valence-corrected chi connectivity index (χ2v) is 9.45. The molecule has 4 rings (SSSR count). The Bertz CT molecular complexity index is 1690. The second-order valence-electron chi connectivity index (χ2n) is 9.01. The first kappa shape index (κ1) is 29.0. The van der Waals surface area contributed by atoms with Crippen molar-refractivity contribution in [3.8, 4) is 22.8 Å². The van der Waals surface area contributed by atoms with Crippen LogP contribution in [0.3, 0.4) is 0 Å². The minimum Gasteiger partial charge on any atom is -0.507 e. The molecule has 0 radical (unpaired) electrons. The predicted molar refractivity (Wildman–Crippen MR) is 153 cm³/mol. The molecule has 1 atom stereocenters. The average Bonchev–Trinajstić information content (AvgIpc) is 2.96. The number of carbonyl (C=O) groups is 3. The van der Waals surface area contributed by atoms with Gasteiger partial charge >= 0.3 is 5.97 Å². The van der Waals surface area contributed by atoms with Gasteiger partial charge in [0.15, 0.2) is 5.78 Å². The number of ketones is 1. The number of hydrogen-bond donors (Lipinski definition) is 2. The first-order chi connectivity index (χ1) is 19.6. The van der Waals surface area contributed by atoms with Crippen molar-refractivity contribution in [2.45, 2.75) is 19.4 Å². The maximum atomic E-state index is 13.6. The van der Waals surface area contributed by atoms with Gasteiger partial charge < -0.3 is 19.9 Å². The summed E-state index contributed by atoms with van der Waals surface area (Å²) in [5, 5.41) is 17.7. The van der Waals surface area contributed by atoms with E-state index in [4.69, 9.17) is 16.3 Å². The molecule has 11 heteroatoms. The Morgan fingerprint density at radius 1 is 0.976 bits per heavy atom. The van der Waals surface area contributed by atoms with Crippen LogP contribution in [-0.4, -0.2) is 46.8 Å². The highest BCUT2D eigenvalue weighted by atomic mass is 35.5. The molecule has 0 fully saturated rings. The zero-order valence-corrected chi connectivity index (χ0v) is 23.1. The summed E-state index contributed by atoms with van der Waals surface area (Å²) in [7, 11) is 2.54. The highest BCUT2D eigenvalue weighted by Crippen LogP contribution is 2.33. The number of phenols is 1. The number of halogens is 1. The van der Waals surface area contributed by atoms with E-state index in [9.17, 15) is 24.3 Å². The predicted octanol–water partition coefficient (Wildman–Crippen LogP) is 4.69.